The van der Waals surface area contributed by atoms with Crippen LogP contribution in [0.5, 0.6) is 0 Å². The van der Waals surface area contributed by atoms with Crippen molar-refractivity contribution in [2.45, 2.75) is 40.0 Å². The van der Waals surface area contributed by atoms with E-state index in [0.29, 0.717) is 13.0 Å². The van der Waals surface area contributed by atoms with E-state index in [0.717, 1.165) is 19.4 Å². The molecular weight excluding hydrogens is 206 g/mol. The summed E-state index contributed by atoms with van der Waals surface area (Å²) in [5, 5.41) is 0. The molecule has 1 unspecified atom stereocenters. The van der Waals surface area contributed by atoms with E-state index in [9.17, 15) is 9.59 Å². The zero-order valence-corrected chi connectivity index (χ0v) is 10.8. The number of esters is 1. The van der Waals surface area contributed by atoms with E-state index in [1.807, 2.05) is 20.8 Å². The molecular formula is C12H23NO3. The van der Waals surface area contributed by atoms with Crippen LogP contribution in [-0.2, 0) is 14.3 Å². The van der Waals surface area contributed by atoms with Crippen LogP contribution in [0.1, 0.15) is 40.0 Å². The number of methoxy groups -OCH3 is 1. The maximum absolute atomic E-state index is 11.4. The van der Waals surface area contributed by atoms with E-state index >= 15 is 0 Å². The molecule has 1 heterocycles. The quantitative estimate of drug-likeness (QED) is 0.679. The molecule has 0 aromatic carbocycles. The minimum absolute atomic E-state index is 0.121. The molecule has 1 aliphatic rings. The van der Waals surface area contributed by atoms with Crippen molar-refractivity contribution in [3.63, 3.8) is 0 Å². The third-order valence-electron chi connectivity index (χ3n) is 2.61. The number of carbonyl (C=O) groups is 2. The second-order valence-corrected chi connectivity index (χ2v) is 3.56. The van der Waals surface area contributed by atoms with Crippen LogP contribution in [-0.4, -0.2) is 37.0 Å². The van der Waals surface area contributed by atoms with Crippen LogP contribution in [0.3, 0.4) is 0 Å². The van der Waals surface area contributed by atoms with Crippen molar-refractivity contribution >= 4 is 11.9 Å². The van der Waals surface area contributed by atoms with E-state index in [1.165, 1.54) is 7.11 Å². The number of hydrogen-bond donors (Lipinski definition) is 0. The van der Waals surface area contributed by atoms with Crippen molar-refractivity contribution in [1.29, 1.82) is 0 Å². The van der Waals surface area contributed by atoms with Gasteiger partial charge in [-0.05, 0) is 12.8 Å². The summed E-state index contributed by atoms with van der Waals surface area (Å²) >= 11 is 0. The number of likely N-dealkylation sites (tertiary alicyclic amines) is 1. The number of amides is 1. The Morgan fingerprint density at radius 1 is 1.38 bits per heavy atom. The Balaban J connectivity index is 0.00000106. The monoisotopic (exact) mass is 229 g/mol. The first kappa shape index (κ1) is 14.9. The molecule has 1 atom stereocenters. The van der Waals surface area contributed by atoms with E-state index < -0.39 is 0 Å². The maximum Gasteiger partial charge on any atom is 0.310 e. The first-order valence-corrected chi connectivity index (χ1v) is 6.04. The Morgan fingerprint density at radius 2 is 2.00 bits per heavy atom. The van der Waals surface area contributed by atoms with Gasteiger partial charge in [0, 0.05) is 19.5 Å². The van der Waals surface area contributed by atoms with Gasteiger partial charge in [-0.1, -0.05) is 20.8 Å². The lowest BCUT2D eigenvalue weighted by molar-refractivity contribution is -0.148. The molecule has 0 N–H and O–H groups in total. The number of rotatable bonds is 2. The zero-order valence-electron chi connectivity index (χ0n) is 10.8. The molecule has 0 aliphatic carbocycles. The highest BCUT2D eigenvalue weighted by molar-refractivity contribution is 5.78. The fourth-order valence-electron chi connectivity index (χ4n) is 1.79. The van der Waals surface area contributed by atoms with Gasteiger partial charge in [-0.2, -0.15) is 0 Å². The molecule has 0 radical (unpaired) electrons. The lowest BCUT2D eigenvalue weighted by Gasteiger charge is -2.31. The Labute approximate surface area is 98.0 Å². The van der Waals surface area contributed by atoms with Crippen molar-refractivity contribution in [2.24, 2.45) is 5.92 Å². The summed E-state index contributed by atoms with van der Waals surface area (Å²) in [6.45, 7) is 7.14. The number of carbonyl (C=O) groups excluding carboxylic acids is 2. The third kappa shape index (κ3) is 4.21. The van der Waals surface area contributed by atoms with Gasteiger partial charge in [0.05, 0.1) is 13.0 Å². The molecule has 1 rings (SSSR count). The Morgan fingerprint density at radius 3 is 2.50 bits per heavy atom. The SMILES string of the molecule is CC.CCC(=O)N1CCCC(C(=O)OC)C1. The van der Waals surface area contributed by atoms with Gasteiger partial charge in [-0.15, -0.1) is 0 Å². The van der Waals surface area contributed by atoms with Crippen LogP contribution in [0.25, 0.3) is 0 Å². The highest BCUT2D eigenvalue weighted by Crippen LogP contribution is 2.18. The number of ether oxygens (including phenoxy) is 1. The zero-order chi connectivity index (χ0) is 12.6. The summed E-state index contributed by atoms with van der Waals surface area (Å²) < 4.78 is 4.67. The molecule has 1 saturated heterocycles. The molecule has 0 aromatic rings. The summed E-state index contributed by atoms with van der Waals surface area (Å²) in [6.07, 6.45) is 2.24. The molecule has 1 fully saturated rings. The minimum atomic E-state index is -0.196. The molecule has 4 nitrogen and oxygen atoms in total. The van der Waals surface area contributed by atoms with Crippen LogP contribution < -0.4 is 0 Å². The van der Waals surface area contributed by atoms with Gasteiger partial charge in [-0.25, -0.2) is 0 Å². The van der Waals surface area contributed by atoms with Gasteiger partial charge in [0.25, 0.3) is 0 Å². The fraction of sp³-hybridized carbons (Fsp3) is 0.833. The predicted molar refractivity (Wildman–Crippen MR) is 63.0 cm³/mol. The molecule has 1 aliphatic heterocycles. The highest BCUT2D eigenvalue weighted by atomic mass is 16.5. The summed E-state index contributed by atoms with van der Waals surface area (Å²) in [5.41, 5.74) is 0. The fourth-order valence-corrected chi connectivity index (χ4v) is 1.79. The lowest BCUT2D eigenvalue weighted by Crippen LogP contribution is -2.42. The second-order valence-electron chi connectivity index (χ2n) is 3.56. The van der Waals surface area contributed by atoms with Crippen LogP contribution in [0.2, 0.25) is 0 Å². The van der Waals surface area contributed by atoms with Gasteiger partial charge in [0.2, 0.25) is 5.91 Å². The maximum atomic E-state index is 11.4. The van der Waals surface area contributed by atoms with Crippen LogP contribution >= 0.6 is 0 Å². The lowest BCUT2D eigenvalue weighted by atomic mass is 9.98. The normalized spacial score (nSPS) is 19.5. The first-order chi connectivity index (χ1) is 7.69. The number of nitrogens with zero attached hydrogens (tertiary/aromatic N) is 1. The molecule has 0 aromatic heterocycles. The molecule has 16 heavy (non-hydrogen) atoms. The summed E-state index contributed by atoms with van der Waals surface area (Å²) in [6, 6.07) is 0. The van der Waals surface area contributed by atoms with E-state index in [-0.39, 0.29) is 17.8 Å². The van der Waals surface area contributed by atoms with Crippen molar-refractivity contribution in [3.05, 3.63) is 0 Å². The van der Waals surface area contributed by atoms with Crippen LogP contribution in [0.15, 0.2) is 0 Å². The van der Waals surface area contributed by atoms with Crippen molar-refractivity contribution in [3.8, 4) is 0 Å². The second kappa shape index (κ2) is 8.13. The molecule has 94 valence electrons. The van der Waals surface area contributed by atoms with E-state index in [1.54, 1.807) is 4.90 Å². The predicted octanol–water partition coefficient (Wildman–Crippen LogP) is 1.83. The van der Waals surface area contributed by atoms with E-state index in [4.69, 9.17) is 0 Å². The standard InChI is InChI=1S/C10H17NO3.C2H6/c1-3-9(12)11-6-4-5-8(7-11)10(13)14-2;1-2/h8H,3-7H2,1-2H3;1-2H3. The van der Waals surface area contributed by atoms with Crippen molar-refractivity contribution in [2.75, 3.05) is 20.2 Å². The van der Waals surface area contributed by atoms with Gasteiger partial charge < -0.3 is 9.64 Å². The Kier molecular flexibility index (Phi) is 7.60. The number of piperidine rings is 1. The molecule has 0 bridgehead atoms. The molecule has 1 amide bonds. The smallest absolute Gasteiger partial charge is 0.310 e. The average Bonchev–Trinajstić information content (AvgIpc) is 2.39. The van der Waals surface area contributed by atoms with Crippen LogP contribution in [0, 0.1) is 5.92 Å². The largest absolute Gasteiger partial charge is 0.469 e. The topological polar surface area (TPSA) is 46.6 Å². The van der Waals surface area contributed by atoms with E-state index in [2.05, 4.69) is 4.74 Å². The highest BCUT2D eigenvalue weighted by Gasteiger charge is 2.28. The Hall–Kier alpha value is -1.06. The summed E-state index contributed by atoms with van der Waals surface area (Å²) in [5.74, 6) is -0.193. The van der Waals surface area contributed by atoms with Gasteiger partial charge in [-0.3, -0.25) is 9.59 Å². The van der Waals surface area contributed by atoms with Gasteiger partial charge in [0.15, 0.2) is 0 Å². The van der Waals surface area contributed by atoms with Crippen molar-refractivity contribution in [1.82, 2.24) is 4.90 Å². The summed E-state index contributed by atoms with van der Waals surface area (Å²) in [4.78, 5) is 24.4. The first-order valence-electron chi connectivity index (χ1n) is 6.04. The number of hydrogen-bond acceptors (Lipinski definition) is 3. The molecule has 4 heteroatoms. The van der Waals surface area contributed by atoms with Crippen molar-refractivity contribution < 1.29 is 14.3 Å². The van der Waals surface area contributed by atoms with Crippen LogP contribution in [0.4, 0.5) is 0 Å². The minimum Gasteiger partial charge on any atom is -0.469 e. The Bertz CT molecular complexity index is 206. The summed E-state index contributed by atoms with van der Waals surface area (Å²) in [7, 11) is 1.39. The van der Waals surface area contributed by atoms with Gasteiger partial charge >= 0.3 is 5.97 Å². The average molecular weight is 229 g/mol. The molecule has 0 saturated carbocycles. The van der Waals surface area contributed by atoms with Gasteiger partial charge in [0.1, 0.15) is 0 Å². The molecule has 0 spiro atoms. The third-order valence-corrected chi connectivity index (χ3v) is 2.61.